The Bertz CT molecular complexity index is 862. The maximum absolute atomic E-state index is 12.3. The number of sulfonamides is 1. The maximum atomic E-state index is 12.3. The van der Waals surface area contributed by atoms with Gasteiger partial charge in [-0.3, -0.25) is 9.82 Å². The van der Waals surface area contributed by atoms with Crippen molar-refractivity contribution in [3.63, 3.8) is 0 Å². The Hall–Kier alpha value is -2.13. The Morgan fingerprint density at radius 1 is 1.41 bits per heavy atom. The molecule has 0 saturated carbocycles. The third-order valence-corrected chi connectivity index (χ3v) is 5.02. The van der Waals surface area contributed by atoms with Crippen molar-refractivity contribution in [2.24, 2.45) is 0 Å². The van der Waals surface area contributed by atoms with E-state index in [1.165, 1.54) is 12.5 Å². The number of nitrogens with zero attached hydrogens (tertiary/aromatic N) is 3. The first kappa shape index (κ1) is 14.8. The number of imidazole rings is 1. The predicted molar refractivity (Wildman–Crippen MR) is 85.3 cm³/mol. The third kappa shape index (κ3) is 2.90. The zero-order valence-corrected chi connectivity index (χ0v) is 13.6. The summed E-state index contributed by atoms with van der Waals surface area (Å²) < 4.78 is 28.7. The number of hydrogen-bond donors (Lipinski definition) is 2. The van der Waals surface area contributed by atoms with Gasteiger partial charge in [0.05, 0.1) is 12.0 Å². The standard InChI is InChI=1S/C13H15N5O2S2/c1-9(2)18-6-13(14-8-18)22(19,20)17-12-5-11(15-16-12)10-3-4-21-7-10/h3-9H,1-2H3,(H2,15,16,17). The lowest BCUT2D eigenvalue weighted by atomic mass is 10.2. The minimum Gasteiger partial charge on any atom is -0.334 e. The molecule has 0 aromatic carbocycles. The van der Waals surface area contributed by atoms with Crippen molar-refractivity contribution in [2.45, 2.75) is 24.9 Å². The molecule has 3 rings (SSSR count). The Kier molecular flexibility index (Phi) is 3.75. The van der Waals surface area contributed by atoms with E-state index in [0.29, 0.717) is 0 Å². The summed E-state index contributed by atoms with van der Waals surface area (Å²) in [5.41, 5.74) is 1.72. The summed E-state index contributed by atoms with van der Waals surface area (Å²) in [5.74, 6) is 0.236. The van der Waals surface area contributed by atoms with Gasteiger partial charge in [-0.05, 0) is 25.3 Å². The minimum atomic E-state index is -3.74. The smallest absolute Gasteiger partial charge is 0.282 e. The zero-order valence-electron chi connectivity index (χ0n) is 12.0. The number of hydrogen-bond acceptors (Lipinski definition) is 5. The highest BCUT2D eigenvalue weighted by Gasteiger charge is 2.19. The highest BCUT2D eigenvalue weighted by molar-refractivity contribution is 7.92. The number of nitrogens with one attached hydrogen (secondary N) is 2. The van der Waals surface area contributed by atoms with Crippen LogP contribution in [0.1, 0.15) is 19.9 Å². The Labute approximate surface area is 132 Å². The first-order valence-electron chi connectivity index (χ1n) is 6.60. The lowest BCUT2D eigenvalue weighted by Gasteiger charge is -2.04. The Morgan fingerprint density at radius 3 is 2.86 bits per heavy atom. The normalized spacial score (nSPS) is 12.0. The second kappa shape index (κ2) is 5.58. The van der Waals surface area contributed by atoms with Gasteiger partial charge in [0.25, 0.3) is 10.0 Å². The number of H-pyrrole nitrogens is 1. The van der Waals surface area contributed by atoms with Crippen LogP contribution in [0.25, 0.3) is 11.3 Å². The molecule has 0 aliphatic heterocycles. The number of aromatic nitrogens is 4. The number of thiophene rings is 1. The van der Waals surface area contributed by atoms with Gasteiger partial charge in [-0.1, -0.05) is 0 Å². The SMILES string of the molecule is CC(C)n1cnc(S(=O)(=O)Nc2cc(-c3ccsc3)[nH]n2)c1. The second-order valence-electron chi connectivity index (χ2n) is 5.04. The molecule has 0 spiro atoms. The molecule has 0 unspecified atom stereocenters. The van der Waals surface area contributed by atoms with Crippen molar-refractivity contribution in [2.75, 3.05) is 4.72 Å². The van der Waals surface area contributed by atoms with Gasteiger partial charge >= 0.3 is 0 Å². The van der Waals surface area contributed by atoms with Crippen LogP contribution in [0, 0.1) is 0 Å². The van der Waals surface area contributed by atoms with Crippen LogP contribution >= 0.6 is 11.3 Å². The van der Waals surface area contributed by atoms with Gasteiger partial charge in [-0.2, -0.15) is 24.9 Å². The second-order valence-corrected chi connectivity index (χ2v) is 7.45. The highest BCUT2D eigenvalue weighted by Crippen LogP contribution is 2.23. The van der Waals surface area contributed by atoms with E-state index in [1.807, 2.05) is 30.7 Å². The fraction of sp³-hybridized carbons (Fsp3) is 0.231. The summed E-state index contributed by atoms with van der Waals surface area (Å²) in [6.07, 6.45) is 3.00. The van der Waals surface area contributed by atoms with E-state index < -0.39 is 10.0 Å². The van der Waals surface area contributed by atoms with Gasteiger partial charge < -0.3 is 4.57 Å². The van der Waals surface area contributed by atoms with Gasteiger partial charge in [0.1, 0.15) is 0 Å². The van der Waals surface area contributed by atoms with Crippen LogP contribution in [0.2, 0.25) is 0 Å². The molecule has 0 bridgehead atoms. The fourth-order valence-electron chi connectivity index (χ4n) is 1.87. The molecule has 3 heterocycles. The van der Waals surface area contributed by atoms with Crippen molar-refractivity contribution >= 4 is 27.2 Å². The van der Waals surface area contributed by atoms with E-state index in [0.717, 1.165) is 11.3 Å². The van der Waals surface area contributed by atoms with Crippen LogP contribution in [0.5, 0.6) is 0 Å². The molecule has 0 aliphatic rings. The van der Waals surface area contributed by atoms with Gasteiger partial charge in [-0.15, -0.1) is 0 Å². The molecule has 0 atom stereocenters. The molecule has 0 saturated heterocycles. The minimum absolute atomic E-state index is 0.0266. The van der Waals surface area contributed by atoms with Crippen molar-refractivity contribution in [3.05, 3.63) is 35.4 Å². The summed E-state index contributed by atoms with van der Waals surface area (Å²) in [5, 5.41) is 10.7. The van der Waals surface area contributed by atoms with Crippen LogP contribution in [0.3, 0.4) is 0 Å². The van der Waals surface area contributed by atoms with Crippen LogP contribution in [-0.4, -0.2) is 28.2 Å². The quantitative estimate of drug-likeness (QED) is 0.748. The van der Waals surface area contributed by atoms with Crippen LogP contribution < -0.4 is 4.72 Å². The first-order chi connectivity index (χ1) is 10.5. The summed E-state index contributed by atoms with van der Waals surface area (Å²) in [4.78, 5) is 3.94. The number of aromatic amines is 1. The molecular formula is C13H15N5O2S2. The molecule has 0 amide bonds. The van der Waals surface area contributed by atoms with Gasteiger partial charge in [0.2, 0.25) is 0 Å². The van der Waals surface area contributed by atoms with Crippen molar-refractivity contribution < 1.29 is 8.42 Å². The molecule has 0 radical (unpaired) electrons. The monoisotopic (exact) mass is 337 g/mol. The summed E-state index contributed by atoms with van der Waals surface area (Å²) in [7, 11) is -3.74. The van der Waals surface area contributed by atoms with Crippen LogP contribution in [-0.2, 0) is 10.0 Å². The van der Waals surface area contributed by atoms with Crippen molar-refractivity contribution in [1.82, 2.24) is 19.7 Å². The summed E-state index contributed by atoms with van der Waals surface area (Å²) in [6.45, 7) is 3.90. The molecule has 9 heteroatoms. The van der Waals surface area contributed by atoms with E-state index in [1.54, 1.807) is 22.0 Å². The van der Waals surface area contributed by atoms with Crippen molar-refractivity contribution in [1.29, 1.82) is 0 Å². The van der Waals surface area contributed by atoms with Crippen LogP contribution in [0.4, 0.5) is 5.82 Å². The van der Waals surface area contributed by atoms with E-state index in [4.69, 9.17) is 0 Å². The largest absolute Gasteiger partial charge is 0.334 e. The predicted octanol–water partition coefficient (Wildman–Crippen LogP) is 2.72. The molecule has 2 N–H and O–H groups in total. The molecule has 0 fully saturated rings. The maximum Gasteiger partial charge on any atom is 0.282 e. The average Bonchev–Trinajstić information content (AvgIpc) is 3.19. The van der Waals surface area contributed by atoms with Gasteiger partial charge in [0, 0.05) is 29.2 Å². The fourth-order valence-corrected chi connectivity index (χ4v) is 3.46. The molecule has 7 nitrogen and oxygen atoms in total. The molecule has 3 aromatic rings. The van der Waals surface area contributed by atoms with E-state index in [2.05, 4.69) is 19.9 Å². The van der Waals surface area contributed by atoms with E-state index in [9.17, 15) is 8.42 Å². The van der Waals surface area contributed by atoms with E-state index >= 15 is 0 Å². The molecule has 3 aromatic heterocycles. The zero-order chi connectivity index (χ0) is 15.7. The van der Waals surface area contributed by atoms with Crippen LogP contribution in [0.15, 0.2) is 40.4 Å². The summed E-state index contributed by atoms with van der Waals surface area (Å²) in [6, 6.07) is 3.73. The van der Waals surface area contributed by atoms with Gasteiger partial charge in [-0.25, -0.2) is 4.98 Å². The molecule has 22 heavy (non-hydrogen) atoms. The summed E-state index contributed by atoms with van der Waals surface area (Å²) >= 11 is 1.56. The lowest BCUT2D eigenvalue weighted by molar-refractivity contribution is 0.591. The topological polar surface area (TPSA) is 92.7 Å². The number of rotatable bonds is 5. The van der Waals surface area contributed by atoms with E-state index in [-0.39, 0.29) is 16.9 Å². The highest BCUT2D eigenvalue weighted by atomic mass is 32.2. The van der Waals surface area contributed by atoms with Gasteiger partial charge in [0.15, 0.2) is 10.8 Å². The molecular weight excluding hydrogens is 322 g/mol. The number of anilines is 1. The molecule has 0 aliphatic carbocycles. The lowest BCUT2D eigenvalue weighted by Crippen LogP contribution is -2.13. The third-order valence-electron chi connectivity index (χ3n) is 3.10. The average molecular weight is 337 g/mol. The Balaban J connectivity index is 1.82. The van der Waals surface area contributed by atoms with Crippen molar-refractivity contribution in [3.8, 4) is 11.3 Å². The Morgan fingerprint density at radius 2 is 2.23 bits per heavy atom. The first-order valence-corrected chi connectivity index (χ1v) is 9.02. The molecule has 116 valence electrons.